The Kier molecular flexibility index (Phi) is 4.66. The fourth-order valence-electron chi connectivity index (χ4n) is 2.18. The van der Waals surface area contributed by atoms with Crippen LogP contribution in [0.3, 0.4) is 0 Å². The largest absolute Gasteiger partial charge is 0.298 e. The molecule has 3 nitrogen and oxygen atoms in total. The Labute approximate surface area is 142 Å². The van der Waals surface area contributed by atoms with Gasteiger partial charge in [-0.15, -0.1) is 11.3 Å². The van der Waals surface area contributed by atoms with Gasteiger partial charge in [0.05, 0.1) is 5.69 Å². The molecule has 1 N–H and O–H groups in total. The number of anilines is 1. The van der Waals surface area contributed by atoms with Crippen LogP contribution >= 0.6 is 11.3 Å². The number of hydrogen-bond donors (Lipinski definition) is 1. The van der Waals surface area contributed by atoms with Crippen molar-refractivity contribution in [1.29, 1.82) is 0 Å². The summed E-state index contributed by atoms with van der Waals surface area (Å²) < 4.78 is 26.1. The minimum absolute atomic E-state index is 0.0398. The molecule has 1 aromatic heterocycles. The summed E-state index contributed by atoms with van der Waals surface area (Å²) in [5, 5.41) is 4.83. The fourth-order valence-corrected chi connectivity index (χ4v) is 2.90. The highest BCUT2D eigenvalue weighted by atomic mass is 32.1. The summed E-state index contributed by atoms with van der Waals surface area (Å²) in [7, 11) is 0. The number of amides is 1. The Morgan fingerprint density at radius 3 is 2.54 bits per heavy atom. The van der Waals surface area contributed by atoms with Crippen LogP contribution in [0, 0.1) is 11.6 Å². The third-order valence-electron chi connectivity index (χ3n) is 3.56. The predicted octanol–water partition coefficient (Wildman–Crippen LogP) is 4.90. The molecule has 0 unspecified atom stereocenters. The maximum atomic E-state index is 13.2. The van der Waals surface area contributed by atoms with Crippen molar-refractivity contribution in [2.45, 2.75) is 13.3 Å². The number of halogens is 2. The number of nitrogens with one attached hydrogen (secondary N) is 1. The van der Waals surface area contributed by atoms with Crippen LogP contribution in [-0.4, -0.2) is 10.9 Å². The third-order valence-corrected chi connectivity index (χ3v) is 4.32. The fraction of sp³-hybridized carbons (Fsp3) is 0.111. The first-order valence-corrected chi connectivity index (χ1v) is 8.26. The van der Waals surface area contributed by atoms with Crippen molar-refractivity contribution in [2.75, 3.05) is 5.32 Å². The molecule has 24 heavy (non-hydrogen) atoms. The minimum atomic E-state index is -1.06. The first kappa shape index (κ1) is 16.3. The SMILES string of the molecule is CCc1ccc(-c2csc(NC(=O)c3ccc(F)c(F)c3)n2)cc1. The van der Waals surface area contributed by atoms with E-state index >= 15 is 0 Å². The summed E-state index contributed by atoms with van der Waals surface area (Å²) in [6.07, 6.45) is 0.965. The molecule has 0 bridgehead atoms. The summed E-state index contributed by atoms with van der Waals surface area (Å²) >= 11 is 1.27. The van der Waals surface area contributed by atoms with Gasteiger partial charge in [0.25, 0.3) is 5.91 Å². The Morgan fingerprint density at radius 2 is 1.88 bits per heavy atom. The first-order chi connectivity index (χ1) is 11.6. The lowest BCUT2D eigenvalue weighted by atomic mass is 10.1. The van der Waals surface area contributed by atoms with E-state index in [1.165, 1.54) is 23.0 Å². The topological polar surface area (TPSA) is 42.0 Å². The van der Waals surface area contributed by atoms with Crippen LogP contribution in [0.2, 0.25) is 0 Å². The summed E-state index contributed by atoms with van der Waals surface area (Å²) in [6, 6.07) is 11.0. The number of aryl methyl sites for hydroxylation is 1. The lowest BCUT2D eigenvalue weighted by Gasteiger charge is -2.02. The third kappa shape index (κ3) is 3.49. The molecule has 0 aliphatic carbocycles. The van der Waals surface area contributed by atoms with E-state index in [9.17, 15) is 13.6 Å². The second kappa shape index (κ2) is 6.88. The standard InChI is InChI=1S/C18H14F2N2OS/c1-2-11-3-5-12(6-4-11)16-10-24-18(21-16)22-17(23)13-7-8-14(19)15(20)9-13/h3-10H,2H2,1H3,(H,21,22,23). The quantitative estimate of drug-likeness (QED) is 0.731. The minimum Gasteiger partial charge on any atom is -0.298 e. The van der Waals surface area contributed by atoms with Gasteiger partial charge in [-0.1, -0.05) is 31.2 Å². The summed E-state index contributed by atoms with van der Waals surface area (Å²) in [6.45, 7) is 2.09. The van der Waals surface area contributed by atoms with Crippen LogP contribution in [0.25, 0.3) is 11.3 Å². The van der Waals surface area contributed by atoms with Gasteiger partial charge in [0, 0.05) is 16.5 Å². The van der Waals surface area contributed by atoms with E-state index in [1.807, 2.05) is 29.6 Å². The first-order valence-electron chi connectivity index (χ1n) is 7.38. The number of thiazole rings is 1. The normalized spacial score (nSPS) is 10.6. The maximum absolute atomic E-state index is 13.2. The van der Waals surface area contributed by atoms with Crippen molar-refractivity contribution in [3.05, 3.63) is 70.6 Å². The van der Waals surface area contributed by atoms with E-state index in [1.54, 1.807) is 0 Å². The molecule has 0 saturated heterocycles. The van der Waals surface area contributed by atoms with Gasteiger partial charge in [0.2, 0.25) is 0 Å². The predicted molar refractivity (Wildman–Crippen MR) is 91.2 cm³/mol. The highest BCUT2D eigenvalue weighted by molar-refractivity contribution is 7.14. The number of nitrogens with zero attached hydrogens (tertiary/aromatic N) is 1. The van der Waals surface area contributed by atoms with Crippen LogP contribution in [0.1, 0.15) is 22.8 Å². The number of carbonyl (C=O) groups excluding carboxylic acids is 1. The van der Waals surface area contributed by atoms with Crippen molar-refractivity contribution >= 4 is 22.4 Å². The zero-order valence-corrected chi connectivity index (χ0v) is 13.7. The monoisotopic (exact) mass is 344 g/mol. The molecule has 0 aliphatic rings. The van der Waals surface area contributed by atoms with Gasteiger partial charge in [-0.2, -0.15) is 0 Å². The van der Waals surface area contributed by atoms with Crippen molar-refractivity contribution < 1.29 is 13.6 Å². The van der Waals surface area contributed by atoms with E-state index in [0.29, 0.717) is 5.13 Å². The van der Waals surface area contributed by atoms with Gasteiger partial charge in [0.1, 0.15) is 0 Å². The zero-order chi connectivity index (χ0) is 17.1. The van der Waals surface area contributed by atoms with Gasteiger partial charge in [-0.25, -0.2) is 13.8 Å². The van der Waals surface area contributed by atoms with Gasteiger partial charge in [0.15, 0.2) is 16.8 Å². The van der Waals surface area contributed by atoms with E-state index in [4.69, 9.17) is 0 Å². The molecule has 0 aliphatic heterocycles. The molecule has 3 aromatic rings. The number of benzene rings is 2. The zero-order valence-electron chi connectivity index (χ0n) is 12.8. The molecule has 1 amide bonds. The van der Waals surface area contributed by atoms with Crippen LogP contribution < -0.4 is 5.32 Å². The Bertz CT molecular complexity index is 875. The molecule has 0 saturated carbocycles. The molecule has 0 atom stereocenters. The van der Waals surface area contributed by atoms with E-state index in [2.05, 4.69) is 17.2 Å². The molecular weight excluding hydrogens is 330 g/mol. The van der Waals surface area contributed by atoms with Gasteiger partial charge in [-0.05, 0) is 30.2 Å². The molecule has 122 valence electrons. The second-order valence-corrected chi connectivity index (χ2v) is 6.03. The number of aromatic nitrogens is 1. The van der Waals surface area contributed by atoms with E-state index in [0.717, 1.165) is 29.8 Å². The van der Waals surface area contributed by atoms with E-state index < -0.39 is 17.5 Å². The molecule has 1 heterocycles. The summed E-state index contributed by atoms with van der Waals surface area (Å²) in [5.41, 5.74) is 2.99. The molecule has 0 spiro atoms. The Morgan fingerprint density at radius 1 is 1.12 bits per heavy atom. The smallest absolute Gasteiger partial charge is 0.257 e. The van der Waals surface area contributed by atoms with E-state index in [-0.39, 0.29) is 5.56 Å². The molecule has 2 aromatic carbocycles. The van der Waals surface area contributed by atoms with Crippen molar-refractivity contribution in [2.24, 2.45) is 0 Å². The van der Waals surface area contributed by atoms with Crippen LogP contribution in [-0.2, 0) is 6.42 Å². The Balaban J connectivity index is 1.75. The molecular formula is C18H14F2N2OS. The van der Waals surface area contributed by atoms with Crippen LogP contribution in [0.5, 0.6) is 0 Å². The lowest BCUT2D eigenvalue weighted by Crippen LogP contribution is -2.12. The highest BCUT2D eigenvalue weighted by Gasteiger charge is 2.12. The number of carbonyl (C=O) groups is 1. The van der Waals surface area contributed by atoms with Crippen molar-refractivity contribution in [1.82, 2.24) is 4.98 Å². The molecule has 3 rings (SSSR count). The second-order valence-electron chi connectivity index (χ2n) is 5.17. The maximum Gasteiger partial charge on any atom is 0.257 e. The number of rotatable bonds is 4. The Hall–Kier alpha value is -2.60. The van der Waals surface area contributed by atoms with Crippen LogP contribution in [0.4, 0.5) is 13.9 Å². The van der Waals surface area contributed by atoms with Crippen molar-refractivity contribution in [3.8, 4) is 11.3 Å². The summed E-state index contributed by atoms with van der Waals surface area (Å²) in [5.74, 6) is -2.58. The lowest BCUT2D eigenvalue weighted by molar-refractivity contribution is 0.102. The molecule has 0 fully saturated rings. The van der Waals surface area contributed by atoms with Gasteiger partial charge >= 0.3 is 0 Å². The van der Waals surface area contributed by atoms with Crippen LogP contribution in [0.15, 0.2) is 47.8 Å². The molecule has 0 radical (unpaired) electrons. The average Bonchev–Trinajstić information content (AvgIpc) is 3.06. The van der Waals surface area contributed by atoms with Gasteiger partial charge < -0.3 is 0 Å². The average molecular weight is 344 g/mol. The van der Waals surface area contributed by atoms with Crippen molar-refractivity contribution in [3.63, 3.8) is 0 Å². The highest BCUT2D eigenvalue weighted by Crippen LogP contribution is 2.25. The molecule has 6 heteroatoms. The number of hydrogen-bond acceptors (Lipinski definition) is 3. The summed E-state index contributed by atoms with van der Waals surface area (Å²) in [4.78, 5) is 16.4. The van der Waals surface area contributed by atoms with Gasteiger partial charge in [-0.3, -0.25) is 10.1 Å².